The zero-order valence-corrected chi connectivity index (χ0v) is 20.1. The van der Waals surface area contributed by atoms with Crippen LogP contribution >= 0.6 is 35.0 Å². The molecule has 3 aromatic rings. The van der Waals surface area contributed by atoms with Gasteiger partial charge in [0.1, 0.15) is 11.6 Å². The molecule has 10 heteroatoms. The smallest absolute Gasteiger partial charge is 0.234 e. The maximum atomic E-state index is 13.2. The number of carbonyl (C=O) groups is 1. The molecule has 1 unspecified atom stereocenters. The van der Waals surface area contributed by atoms with Gasteiger partial charge < -0.3 is 14.6 Å². The minimum atomic E-state index is -0.417. The number of nitrogens with zero attached hydrogens (tertiary/aromatic N) is 3. The number of thioether (sulfide) groups is 1. The van der Waals surface area contributed by atoms with E-state index >= 15 is 0 Å². The molecule has 1 atom stereocenters. The molecular weight excluding hydrogens is 474 g/mol. The topological polar surface area (TPSA) is 69.0 Å². The second kappa shape index (κ2) is 11.0. The fourth-order valence-corrected chi connectivity index (χ4v) is 4.03. The molecule has 0 saturated carbocycles. The molecule has 0 aliphatic heterocycles. The second-order valence-corrected chi connectivity index (χ2v) is 9.23. The van der Waals surface area contributed by atoms with Crippen molar-refractivity contribution in [1.29, 1.82) is 0 Å². The van der Waals surface area contributed by atoms with E-state index in [-0.39, 0.29) is 17.5 Å². The normalized spacial score (nSPS) is 12.1. The zero-order chi connectivity index (χ0) is 23.3. The van der Waals surface area contributed by atoms with E-state index < -0.39 is 6.10 Å². The monoisotopic (exact) mass is 496 g/mol. The predicted molar refractivity (Wildman–Crippen MR) is 126 cm³/mol. The third kappa shape index (κ3) is 6.37. The quantitative estimate of drug-likeness (QED) is 0.354. The molecule has 0 fully saturated rings. The van der Waals surface area contributed by atoms with Crippen molar-refractivity contribution in [2.45, 2.75) is 38.6 Å². The number of anilines is 1. The number of carbonyl (C=O) groups excluding carboxylic acids is 1. The van der Waals surface area contributed by atoms with E-state index in [9.17, 15) is 9.18 Å². The molecule has 0 bridgehead atoms. The number of rotatable bonds is 9. The molecule has 1 heterocycles. The second-order valence-electron chi connectivity index (χ2n) is 7.50. The Balaban J connectivity index is 1.70. The zero-order valence-electron chi connectivity index (χ0n) is 17.8. The largest absolute Gasteiger partial charge is 0.483 e. The van der Waals surface area contributed by atoms with Crippen molar-refractivity contribution in [3.63, 3.8) is 0 Å². The highest BCUT2D eigenvalue weighted by molar-refractivity contribution is 7.99. The van der Waals surface area contributed by atoms with Gasteiger partial charge in [0.15, 0.2) is 17.1 Å². The van der Waals surface area contributed by atoms with Crippen molar-refractivity contribution in [2.75, 3.05) is 11.1 Å². The molecule has 2 aromatic carbocycles. The Morgan fingerprint density at radius 1 is 1.16 bits per heavy atom. The average Bonchev–Trinajstić information content (AvgIpc) is 3.13. The first-order valence-electron chi connectivity index (χ1n) is 9.96. The van der Waals surface area contributed by atoms with Gasteiger partial charge in [-0.15, -0.1) is 10.2 Å². The van der Waals surface area contributed by atoms with Gasteiger partial charge in [0, 0.05) is 6.54 Å². The number of benzene rings is 2. The third-order valence-corrected chi connectivity index (χ3v) is 6.13. The first-order valence-corrected chi connectivity index (χ1v) is 11.7. The predicted octanol–water partition coefficient (Wildman–Crippen LogP) is 6.25. The Morgan fingerprint density at radius 2 is 1.88 bits per heavy atom. The van der Waals surface area contributed by atoms with E-state index in [0.29, 0.717) is 44.9 Å². The number of nitrogens with one attached hydrogen (secondary N) is 1. The van der Waals surface area contributed by atoms with Crippen molar-refractivity contribution < 1.29 is 13.9 Å². The van der Waals surface area contributed by atoms with Crippen LogP contribution in [-0.2, 0) is 11.3 Å². The van der Waals surface area contributed by atoms with Crippen molar-refractivity contribution >= 4 is 46.6 Å². The molecule has 6 nitrogen and oxygen atoms in total. The van der Waals surface area contributed by atoms with Crippen molar-refractivity contribution in [1.82, 2.24) is 14.8 Å². The lowest BCUT2D eigenvalue weighted by Gasteiger charge is -2.18. The highest BCUT2D eigenvalue weighted by Gasteiger charge is 2.21. The molecule has 170 valence electrons. The van der Waals surface area contributed by atoms with Crippen LogP contribution in [0.1, 0.15) is 32.7 Å². The lowest BCUT2D eigenvalue weighted by molar-refractivity contribution is -0.113. The van der Waals surface area contributed by atoms with Crippen LogP contribution in [0.5, 0.6) is 5.75 Å². The summed E-state index contributed by atoms with van der Waals surface area (Å²) in [6.07, 6.45) is -0.417. The SMILES string of the molecule is CC(C)Cn1c(SCC(=O)Nc2cccc(Cl)c2Cl)nnc1C(C)Oc1ccc(F)cc1. The van der Waals surface area contributed by atoms with E-state index in [4.69, 9.17) is 27.9 Å². The Bertz CT molecular complexity index is 1080. The average molecular weight is 497 g/mol. The van der Waals surface area contributed by atoms with Crippen molar-refractivity contribution in [2.24, 2.45) is 5.92 Å². The Labute approximate surface area is 200 Å². The summed E-state index contributed by atoms with van der Waals surface area (Å²) in [5, 5.41) is 12.6. The molecule has 3 rings (SSSR count). The number of hydrogen-bond donors (Lipinski definition) is 1. The van der Waals surface area contributed by atoms with E-state index in [1.165, 1.54) is 23.9 Å². The molecule has 1 amide bonds. The fourth-order valence-electron chi connectivity index (χ4n) is 2.93. The third-order valence-electron chi connectivity index (χ3n) is 4.34. The molecule has 32 heavy (non-hydrogen) atoms. The van der Waals surface area contributed by atoms with Gasteiger partial charge in [-0.1, -0.05) is 54.9 Å². The molecule has 1 aromatic heterocycles. The van der Waals surface area contributed by atoms with Gasteiger partial charge in [-0.3, -0.25) is 4.79 Å². The summed E-state index contributed by atoms with van der Waals surface area (Å²) in [4.78, 5) is 12.4. The molecule has 0 radical (unpaired) electrons. The van der Waals surface area contributed by atoms with E-state index in [2.05, 4.69) is 29.4 Å². The molecule has 0 saturated heterocycles. The summed E-state index contributed by atoms with van der Waals surface area (Å²) >= 11 is 13.4. The minimum Gasteiger partial charge on any atom is -0.483 e. The Kier molecular flexibility index (Phi) is 8.39. The van der Waals surface area contributed by atoms with E-state index in [1.807, 2.05) is 11.5 Å². The van der Waals surface area contributed by atoms with Crippen LogP contribution in [-0.4, -0.2) is 26.4 Å². The van der Waals surface area contributed by atoms with Crippen LogP contribution in [0, 0.1) is 11.7 Å². The van der Waals surface area contributed by atoms with Gasteiger partial charge in [-0.05, 0) is 49.2 Å². The highest BCUT2D eigenvalue weighted by atomic mass is 35.5. The Morgan fingerprint density at radius 3 is 2.56 bits per heavy atom. The fraction of sp³-hybridized carbons (Fsp3) is 0.318. The van der Waals surface area contributed by atoms with Gasteiger partial charge in [-0.25, -0.2) is 4.39 Å². The molecule has 0 spiro atoms. The number of aromatic nitrogens is 3. The summed E-state index contributed by atoms with van der Waals surface area (Å²) < 4.78 is 21.0. The van der Waals surface area contributed by atoms with Crippen LogP contribution in [0.4, 0.5) is 10.1 Å². The summed E-state index contributed by atoms with van der Waals surface area (Å²) in [5.41, 5.74) is 0.454. The summed E-state index contributed by atoms with van der Waals surface area (Å²) in [6.45, 7) is 6.67. The molecular formula is C22H23Cl2FN4O2S. The van der Waals surface area contributed by atoms with Crippen LogP contribution in [0.3, 0.4) is 0 Å². The lowest BCUT2D eigenvalue weighted by Crippen LogP contribution is -2.17. The van der Waals surface area contributed by atoms with E-state index in [1.54, 1.807) is 30.3 Å². The van der Waals surface area contributed by atoms with Crippen molar-refractivity contribution in [3.8, 4) is 5.75 Å². The van der Waals surface area contributed by atoms with Crippen LogP contribution in [0.15, 0.2) is 47.6 Å². The first-order chi connectivity index (χ1) is 15.2. The maximum absolute atomic E-state index is 13.2. The van der Waals surface area contributed by atoms with Gasteiger partial charge in [0.2, 0.25) is 5.91 Å². The highest BCUT2D eigenvalue weighted by Crippen LogP contribution is 2.30. The number of halogens is 3. The summed E-state index contributed by atoms with van der Waals surface area (Å²) in [6, 6.07) is 10.9. The lowest BCUT2D eigenvalue weighted by atomic mass is 10.2. The minimum absolute atomic E-state index is 0.117. The molecule has 0 aliphatic rings. The van der Waals surface area contributed by atoms with E-state index in [0.717, 1.165) is 0 Å². The number of ether oxygens (including phenoxy) is 1. The standard InChI is InChI=1S/C22H23Cl2FN4O2S/c1-13(2)11-29-21(14(3)31-16-9-7-15(25)8-10-16)27-28-22(29)32-12-19(30)26-18-6-4-5-17(23)20(18)24/h4-10,13-14H,11-12H2,1-3H3,(H,26,30). The van der Waals surface area contributed by atoms with Gasteiger partial charge in [0.25, 0.3) is 0 Å². The first kappa shape index (κ1) is 24.4. The van der Waals surface area contributed by atoms with Crippen LogP contribution in [0.25, 0.3) is 0 Å². The van der Waals surface area contributed by atoms with Gasteiger partial charge in [-0.2, -0.15) is 0 Å². The maximum Gasteiger partial charge on any atom is 0.234 e. The molecule has 0 aliphatic carbocycles. The summed E-state index contributed by atoms with van der Waals surface area (Å²) in [5.74, 6) is 1.03. The van der Waals surface area contributed by atoms with Crippen LogP contribution < -0.4 is 10.1 Å². The van der Waals surface area contributed by atoms with Gasteiger partial charge >= 0.3 is 0 Å². The molecule has 1 N–H and O–H groups in total. The van der Waals surface area contributed by atoms with Gasteiger partial charge in [0.05, 0.1) is 21.5 Å². The Hall–Kier alpha value is -2.29. The number of hydrogen-bond acceptors (Lipinski definition) is 5. The van der Waals surface area contributed by atoms with Crippen molar-refractivity contribution in [3.05, 3.63) is 64.2 Å². The number of amides is 1. The summed E-state index contributed by atoms with van der Waals surface area (Å²) in [7, 11) is 0. The van der Waals surface area contributed by atoms with Crippen LogP contribution in [0.2, 0.25) is 10.0 Å².